The number of nitrogens with one attached hydrogen (secondary N) is 2. The molecular formula is C9H12N4O3S. The van der Waals surface area contributed by atoms with Crippen LogP contribution in [0, 0.1) is 10.1 Å². The van der Waals surface area contributed by atoms with Gasteiger partial charge in [0.25, 0.3) is 0 Å². The topological polar surface area (TPSA) is 92.7 Å². The molecular weight excluding hydrogens is 244 g/mol. The molecule has 0 saturated carbocycles. The maximum absolute atomic E-state index is 10.3. The van der Waals surface area contributed by atoms with E-state index in [0.29, 0.717) is 5.11 Å². The third-order valence-electron chi connectivity index (χ3n) is 1.57. The molecule has 0 aliphatic rings. The predicted octanol–water partition coefficient (Wildman–Crippen LogP) is 1.39. The summed E-state index contributed by atoms with van der Waals surface area (Å²) >= 11 is 4.92. The Bertz CT molecular complexity index is 441. The normalized spacial score (nSPS) is 10.8. The number of thiocarbonyl (C=S) groups is 1. The summed E-state index contributed by atoms with van der Waals surface area (Å²) in [4.78, 5) is 9.72. The zero-order chi connectivity index (χ0) is 12.8. The van der Waals surface area contributed by atoms with Crippen molar-refractivity contribution in [2.75, 3.05) is 0 Å². The van der Waals surface area contributed by atoms with Gasteiger partial charge in [0.15, 0.2) is 10.9 Å². The Kier molecular flexibility index (Phi) is 4.58. The maximum atomic E-state index is 10.3. The van der Waals surface area contributed by atoms with Crippen LogP contribution in [0.5, 0.6) is 0 Å². The van der Waals surface area contributed by atoms with Crippen LogP contribution in [0.25, 0.3) is 0 Å². The zero-order valence-electron chi connectivity index (χ0n) is 9.34. The fraction of sp³-hybridized carbons (Fsp3) is 0.333. The number of hydrazone groups is 1. The molecule has 7 nitrogen and oxygen atoms in total. The second kappa shape index (κ2) is 5.94. The molecule has 17 heavy (non-hydrogen) atoms. The summed E-state index contributed by atoms with van der Waals surface area (Å²) in [6, 6.07) is 2.91. The van der Waals surface area contributed by atoms with Gasteiger partial charge in [-0.25, -0.2) is 0 Å². The molecule has 0 fully saturated rings. The van der Waals surface area contributed by atoms with Crippen LogP contribution in [0.3, 0.4) is 0 Å². The molecule has 0 aliphatic heterocycles. The minimum Gasteiger partial charge on any atom is -0.400 e. The second-order valence-electron chi connectivity index (χ2n) is 3.43. The molecule has 1 heterocycles. The van der Waals surface area contributed by atoms with Crippen molar-refractivity contribution in [3.05, 3.63) is 28.0 Å². The van der Waals surface area contributed by atoms with E-state index in [-0.39, 0.29) is 17.7 Å². The van der Waals surface area contributed by atoms with Crippen molar-refractivity contribution >= 4 is 29.4 Å². The van der Waals surface area contributed by atoms with Crippen LogP contribution in [0.4, 0.5) is 5.88 Å². The fourth-order valence-electron chi connectivity index (χ4n) is 0.959. The van der Waals surface area contributed by atoms with Crippen molar-refractivity contribution in [1.29, 1.82) is 0 Å². The van der Waals surface area contributed by atoms with Gasteiger partial charge in [-0.1, -0.05) is 0 Å². The molecule has 0 atom stereocenters. The summed E-state index contributed by atoms with van der Waals surface area (Å²) in [5, 5.41) is 17.4. The summed E-state index contributed by atoms with van der Waals surface area (Å²) in [7, 11) is 0. The molecule has 8 heteroatoms. The average molecular weight is 256 g/mol. The minimum atomic E-state index is -0.615. The van der Waals surface area contributed by atoms with E-state index in [4.69, 9.17) is 16.6 Å². The van der Waals surface area contributed by atoms with Crippen molar-refractivity contribution < 1.29 is 9.34 Å². The standard InChI is InChI=1S/C9H12N4O3S/c1-6(2)11-9(17)12-10-5-7-3-4-8(16-7)13(14)15/h3-6H,1-2H3,(H2,11,12,17)/b10-5+. The highest BCUT2D eigenvalue weighted by Crippen LogP contribution is 2.13. The first kappa shape index (κ1) is 13.1. The van der Waals surface area contributed by atoms with Gasteiger partial charge in [-0.2, -0.15) is 5.10 Å². The molecule has 0 bridgehead atoms. The number of hydrogen-bond acceptors (Lipinski definition) is 5. The van der Waals surface area contributed by atoms with Crippen LogP contribution < -0.4 is 10.7 Å². The van der Waals surface area contributed by atoms with Crippen LogP contribution in [0.15, 0.2) is 21.7 Å². The smallest absolute Gasteiger partial charge is 0.400 e. The molecule has 0 radical (unpaired) electrons. The lowest BCUT2D eigenvalue weighted by molar-refractivity contribution is -0.402. The lowest BCUT2D eigenvalue weighted by Gasteiger charge is -2.08. The summed E-state index contributed by atoms with van der Waals surface area (Å²) in [6.45, 7) is 3.88. The molecule has 0 amide bonds. The van der Waals surface area contributed by atoms with E-state index in [2.05, 4.69) is 15.8 Å². The van der Waals surface area contributed by atoms with Gasteiger partial charge in [-0.15, -0.1) is 0 Å². The molecule has 1 rings (SSSR count). The fourth-order valence-corrected chi connectivity index (χ4v) is 1.25. The molecule has 0 aromatic carbocycles. The third kappa shape index (κ3) is 4.60. The van der Waals surface area contributed by atoms with Gasteiger partial charge in [0.05, 0.1) is 12.3 Å². The molecule has 0 aliphatic carbocycles. The lowest BCUT2D eigenvalue weighted by Crippen LogP contribution is -2.36. The monoisotopic (exact) mass is 256 g/mol. The first-order chi connectivity index (χ1) is 7.99. The quantitative estimate of drug-likeness (QED) is 0.366. The Morgan fingerprint density at radius 1 is 1.65 bits per heavy atom. The highest BCUT2D eigenvalue weighted by molar-refractivity contribution is 7.80. The van der Waals surface area contributed by atoms with Gasteiger partial charge in [0.1, 0.15) is 4.92 Å². The maximum Gasteiger partial charge on any atom is 0.433 e. The summed E-state index contributed by atoms with van der Waals surface area (Å²) < 4.78 is 4.86. The first-order valence-corrected chi connectivity index (χ1v) is 5.23. The molecule has 0 saturated heterocycles. The van der Waals surface area contributed by atoms with E-state index in [0.717, 1.165) is 0 Å². The van der Waals surface area contributed by atoms with Crippen molar-refractivity contribution in [2.45, 2.75) is 19.9 Å². The van der Waals surface area contributed by atoms with Gasteiger partial charge in [0.2, 0.25) is 0 Å². The number of hydrogen-bond donors (Lipinski definition) is 2. The van der Waals surface area contributed by atoms with Gasteiger partial charge in [-0.3, -0.25) is 15.5 Å². The highest BCUT2D eigenvalue weighted by Gasteiger charge is 2.10. The van der Waals surface area contributed by atoms with E-state index < -0.39 is 4.92 Å². The number of nitrogens with zero attached hydrogens (tertiary/aromatic N) is 2. The van der Waals surface area contributed by atoms with E-state index in [9.17, 15) is 10.1 Å². The Morgan fingerprint density at radius 2 is 2.35 bits per heavy atom. The van der Waals surface area contributed by atoms with Gasteiger partial charge in [0, 0.05) is 6.04 Å². The molecule has 0 unspecified atom stereocenters. The molecule has 1 aromatic rings. The largest absolute Gasteiger partial charge is 0.433 e. The van der Waals surface area contributed by atoms with Crippen molar-refractivity contribution in [3.63, 3.8) is 0 Å². The van der Waals surface area contributed by atoms with E-state index in [1.54, 1.807) is 0 Å². The molecule has 2 N–H and O–H groups in total. The van der Waals surface area contributed by atoms with Crippen LogP contribution in [-0.2, 0) is 0 Å². The number of furan rings is 1. The van der Waals surface area contributed by atoms with E-state index >= 15 is 0 Å². The lowest BCUT2D eigenvalue weighted by atomic mass is 10.4. The van der Waals surface area contributed by atoms with Crippen LogP contribution >= 0.6 is 12.2 Å². The second-order valence-corrected chi connectivity index (χ2v) is 3.84. The summed E-state index contributed by atoms with van der Waals surface area (Å²) in [6.07, 6.45) is 1.31. The van der Waals surface area contributed by atoms with Gasteiger partial charge < -0.3 is 9.73 Å². The summed E-state index contributed by atoms with van der Waals surface area (Å²) in [5.41, 5.74) is 2.56. The van der Waals surface area contributed by atoms with Crippen LogP contribution in [0.1, 0.15) is 19.6 Å². The predicted molar refractivity (Wildman–Crippen MR) is 67.0 cm³/mol. The molecule has 1 aromatic heterocycles. The van der Waals surface area contributed by atoms with E-state index in [1.165, 1.54) is 18.3 Å². The third-order valence-corrected chi connectivity index (χ3v) is 1.78. The van der Waals surface area contributed by atoms with Crippen molar-refractivity contribution in [2.24, 2.45) is 5.10 Å². The van der Waals surface area contributed by atoms with E-state index in [1.807, 2.05) is 13.8 Å². The molecule has 92 valence electrons. The zero-order valence-corrected chi connectivity index (χ0v) is 10.2. The minimum absolute atomic E-state index is 0.204. The Balaban J connectivity index is 2.48. The van der Waals surface area contributed by atoms with Crippen LogP contribution in [-0.4, -0.2) is 22.3 Å². The van der Waals surface area contributed by atoms with Crippen LogP contribution in [0.2, 0.25) is 0 Å². The Morgan fingerprint density at radius 3 is 2.88 bits per heavy atom. The average Bonchev–Trinajstić information content (AvgIpc) is 2.65. The van der Waals surface area contributed by atoms with Crippen molar-refractivity contribution in [1.82, 2.24) is 10.7 Å². The Hall–Kier alpha value is -1.96. The highest BCUT2D eigenvalue weighted by atomic mass is 32.1. The SMILES string of the molecule is CC(C)NC(=S)N/N=C/c1ccc([N+](=O)[O-])o1. The van der Waals surface area contributed by atoms with Gasteiger partial charge in [-0.05, 0) is 32.1 Å². The number of rotatable bonds is 4. The van der Waals surface area contributed by atoms with Gasteiger partial charge >= 0.3 is 5.88 Å². The first-order valence-electron chi connectivity index (χ1n) is 4.83. The number of nitro groups is 1. The summed E-state index contributed by atoms with van der Waals surface area (Å²) in [5.74, 6) is -0.0501. The van der Waals surface area contributed by atoms with Crippen molar-refractivity contribution in [3.8, 4) is 0 Å². The Labute approximate surface area is 103 Å². The molecule has 0 spiro atoms.